The first-order valence-electron chi connectivity index (χ1n) is 11.6. The highest BCUT2D eigenvalue weighted by atomic mass is 16.2. The molecule has 1 saturated heterocycles. The topological polar surface area (TPSA) is 125 Å². The molecule has 9 heteroatoms. The predicted molar refractivity (Wildman–Crippen MR) is 125 cm³/mol. The van der Waals surface area contributed by atoms with Crippen molar-refractivity contribution in [1.29, 1.82) is 0 Å². The Bertz CT molecular complexity index is 1170. The molecular formula is C24H28N8O. The number of amides is 1. The summed E-state index contributed by atoms with van der Waals surface area (Å²) in [5, 5.41) is 13.7. The number of likely N-dealkylation sites (N-methyl/N-ethyl adjacent to an activating group) is 1. The lowest BCUT2D eigenvalue weighted by Gasteiger charge is -2.27. The molecule has 0 radical (unpaired) electrons. The van der Waals surface area contributed by atoms with Crippen LogP contribution in [0.3, 0.4) is 0 Å². The van der Waals surface area contributed by atoms with Gasteiger partial charge in [-0.05, 0) is 24.3 Å². The molecule has 170 valence electrons. The molecule has 1 aliphatic heterocycles. The standard InChI is InChI=1S/C24H28N8O/c1-26-23(33)22-20-16(21(20)25)12-32(22)24-27-15(9-13-5-3-2-4-6-13)10-18(29-24)28-19-11-17(30-31-19)14-7-8-14/h2-6,10-11,14,16,20-22H,7-9,12,25H2,1H3,(H,26,33)(H2,27,28,29,30,31)/t16-,20+,21+,22+/m1/s1. The van der Waals surface area contributed by atoms with Crippen molar-refractivity contribution in [2.24, 2.45) is 17.6 Å². The van der Waals surface area contributed by atoms with E-state index < -0.39 is 0 Å². The van der Waals surface area contributed by atoms with Crippen LogP contribution in [0.4, 0.5) is 17.6 Å². The van der Waals surface area contributed by atoms with Crippen molar-refractivity contribution in [2.75, 3.05) is 23.8 Å². The Kier molecular flexibility index (Phi) is 4.79. The van der Waals surface area contributed by atoms with Gasteiger partial charge in [-0.15, -0.1) is 0 Å². The monoisotopic (exact) mass is 444 g/mol. The van der Waals surface area contributed by atoms with Gasteiger partial charge < -0.3 is 21.3 Å². The van der Waals surface area contributed by atoms with Crippen LogP contribution in [-0.4, -0.2) is 51.7 Å². The van der Waals surface area contributed by atoms with Gasteiger partial charge in [-0.2, -0.15) is 10.1 Å². The molecular weight excluding hydrogens is 416 g/mol. The molecule has 3 aromatic rings. The number of carbonyl (C=O) groups excluding carboxylic acids is 1. The van der Waals surface area contributed by atoms with E-state index in [-0.39, 0.29) is 23.9 Å². The van der Waals surface area contributed by atoms with Gasteiger partial charge in [-0.3, -0.25) is 9.89 Å². The molecule has 9 nitrogen and oxygen atoms in total. The van der Waals surface area contributed by atoms with Gasteiger partial charge >= 0.3 is 0 Å². The highest BCUT2D eigenvalue weighted by Crippen LogP contribution is 2.49. The minimum absolute atomic E-state index is 0.0385. The third-order valence-corrected chi connectivity index (χ3v) is 7.04. The molecule has 6 rings (SSSR count). The summed E-state index contributed by atoms with van der Waals surface area (Å²) in [7, 11) is 1.66. The average molecular weight is 445 g/mol. The van der Waals surface area contributed by atoms with Crippen LogP contribution in [0.25, 0.3) is 0 Å². The number of rotatable bonds is 7. The van der Waals surface area contributed by atoms with E-state index in [4.69, 9.17) is 15.7 Å². The second-order valence-electron chi connectivity index (χ2n) is 9.34. The molecule has 3 heterocycles. The number of fused-ring (bicyclic) bond motifs is 1. The van der Waals surface area contributed by atoms with Crippen molar-refractivity contribution in [3.63, 3.8) is 0 Å². The van der Waals surface area contributed by atoms with E-state index in [0.717, 1.165) is 22.8 Å². The highest BCUT2D eigenvalue weighted by molar-refractivity contribution is 5.86. The summed E-state index contributed by atoms with van der Waals surface area (Å²) in [5.41, 5.74) is 9.42. The van der Waals surface area contributed by atoms with Crippen LogP contribution in [0.1, 0.15) is 35.7 Å². The smallest absolute Gasteiger partial charge is 0.242 e. The van der Waals surface area contributed by atoms with Crippen LogP contribution < -0.4 is 21.3 Å². The van der Waals surface area contributed by atoms with E-state index in [1.165, 1.54) is 12.8 Å². The van der Waals surface area contributed by atoms with E-state index in [0.29, 0.717) is 36.6 Å². The summed E-state index contributed by atoms with van der Waals surface area (Å²) < 4.78 is 0. The number of piperidine rings is 1. The second-order valence-corrected chi connectivity index (χ2v) is 9.34. The number of carbonyl (C=O) groups is 1. The first kappa shape index (κ1) is 20.2. The Hall–Kier alpha value is -3.46. The number of benzene rings is 1. The Morgan fingerprint density at radius 3 is 2.76 bits per heavy atom. The van der Waals surface area contributed by atoms with Gasteiger partial charge in [-0.1, -0.05) is 30.3 Å². The van der Waals surface area contributed by atoms with E-state index in [1.54, 1.807) is 7.05 Å². The van der Waals surface area contributed by atoms with Crippen LogP contribution >= 0.6 is 0 Å². The van der Waals surface area contributed by atoms with Gasteiger partial charge in [0.25, 0.3) is 0 Å². The fraction of sp³-hybridized carbons (Fsp3) is 0.417. The number of H-pyrrole nitrogens is 1. The molecule has 5 N–H and O–H groups in total. The molecule has 3 aliphatic rings. The number of nitrogens with one attached hydrogen (secondary N) is 3. The van der Waals surface area contributed by atoms with E-state index in [1.807, 2.05) is 35.2 Å². The lowest BCUT2D eigenvalue weighted by atomic mass is 10.1. The number of hydrogen-bond acceptors (Lipinski definition) is 7. The van der Waals surface area contributed by atoms with Crippen LogP contribution in [0.5, 0.6) is 0 Å². The molecule has 33 heavy (non-hydrogen) atoms. The number of hydrogen-bond donors (Lipinski definition) is 4. The van der Waals surface area contributed by atoms with Gasteiger partial charge in [0.15, 0.2) is 5.82 Å². The van der Waals surface area contributed by atoms with Gasteiger partial charge in [0, 0.05) is 55.7 Å². The number of aromatic nitrogens is 4. The fourth-order valence-electron chi connectivity index (χ4n) is 5.04. The third-order valence-electron chi connectivity index (χ3n) is 7.04. The molecule has 0 spiro atoms. The summed E-state index contributed by atoms with van der Waals surface area (Å²) in [6.45, 7) is 0.687. The third kappa shape index (κ3) is 3.82. The normalized spacial score (nSPS) is 25.6. The van der Waals surface area contributed by atoms with Crippen molar-refractivity contribution in [3.05, 3.63) is 59.4 Å². The maximum atomic E-state index is 12.7. The van der Waals surface area contributed by atoms with Crippen molar-refractivity contribution in [2.45, 2.75) is 37.3 Å². The van der Waals surface area contributed by atoms with Crippen LogP contribution in [0, 0.1) is 11.8 Å². The second kappa shape index (κ2) is 7.84. The minimum Gasteiger partial charge on any atom is -0.357 e. The lowest BCUT2D eigenvalue weighted by Crippen LogP contribution is -2.47. The molecule has 2 aromatic heterocycles. The van der Waals surface area contributed by atoms with Gasteiger partial charge in [0.1, 0.15) is 11.9 Å². The Labute approximate surface area is 192 Å². The summed E-state index contributed by atoms with van der Waals surface area (Å²) >= 11 is 0. The summed E-state index contributed by atoms with van der Waals surface area (Å²) in [6, 6.07) is 14.0. The van der Waals surface area contributed by atoms with Gasteiger partial charge in [0.05, 0.1) is 5.69 Å². The molecule has 2 saturated carbocycles. The first-order chi connectivity index (χ1) is 16.1. The molecule has 1 amide bonds. The Morgan fingerprint density at radius 2 is 2.00 bits per heavy atom. The number of aromatic amines is 1. The van der Waals surface area contributed by atoms with Crippen LogP contribution in [0.2, 0.25) is 0 Å². The minimum atomic E-state index is -0.346. The van der Waals surface area contributed by atoms with E-state index in [2.05, 4.69) is 33.0 Å². The maximum absolute atomic E-state index is 12.7. The highest BCUT2D eigenvalue weighted by Gasteiger charge is 2.62. The molecule has 0 bridgehead atoms. The molecule has 0 unspecified atom stereocenters. The maximum Gasteiger partial charge on any atom is 0.242 e. The summed E-state index contributed by atoms with van der Waals surface area (Å²) in [6.07, 6.45) is 3.09. The molecule has 1 aromatic carbocycles. The first-order valence-corrected chi connectivity index (χ1v) is 11.6. The van der Waals surface area contributed by atoms with Crippen LogP contribution in [0.15, 0.2) is 42.5 Å². The zero-order valence-corrected chi connectivity index (χ0v) is 18.5. The number of nitrogens with zero attached hydrogens (tertiary/aromatic N) is 4. The van der Waals surface area contributed by atoms with Crippen molar-refractivity contribution >= 4 is 23.5 Å². The SMILES string of the molecule is CNC(=O)[C@@H]1[C@@H]2[C@@H](N)[C@@H]2CN1c1nc(Cc2ccccc2)cc(Nc2cc(C3CC3)[nH]n2)n1. The molecule has 2 aliphatic carbocycles. The predicted octanol–water partition coefficient (Wildman–Crippen LogP) is 1.92. The Balaban J connectivity index is 1.33. The molecule has 4 atom stereocenters. The van der Waals surface area contributed by atoms with E-state index in [9.17, 15) is 4.79 Å². The lowest BCUT2D eigenvalue weighted by molar-refractivity contribution is -0.122. The van der Waals surface area contributed by atoms with Crippen molar-refractivity contribution < 1.29 is 4.79 Å². The average Bonchev–Trinajstić information content (AvgIpc) is 3.67. The van der Waals surface area contributed by atoms with Gasteiger partial charge in [-0.25, -0.2) is 4.98 Å². The van der Waals surface area contributed by atoms with E-state index >= 15 is 0 Å². The van der Waals surface area contributed by atoms with Crippen molar-refractivity contribution in [1.82, 2.24) is 25.5 Å². The summed E-state index contributed by atoms with van der Waals surface area (Å²) in [5.74, 6) is 2.96. The van der Waals surface area contributed by atoms with Crippen molar-refractivity contribution in [3.8, 4) is 0 Å². The van der Waals surface area contributed by atoms with Gasteiger partial charge in [0.2, 0.25) is 11.9 Å². The largest absolute Gasteiger partial charge is 0.357 e. The summed E-state index contributed by atoms with van der Waals surface area (Å²) in [4.78, 5) is 24.4. The fourth-order valence-corrected chi connectivity index (χ4v) is 5.04. The zero-order chi connectivity index (χ0) is 22.5. The number of nitrogens with two attached hydrogens (primary N) is 1. The molecule has 3 fully saturated rings. The zero-order valence-electron chi connectivity index (χ0n) is 18.5. The number of anilines is 3. The quantitative estimate of drug-likeness (QED) is 0.439. The van der Waals surface area contributed by atoms with Crippen LogP contribution in [-0.2, 0) is 11.2 Å². The Morgan fingerprint density at radius 1 is 1.18 bits per heavy atom.